The highest BCUT2D eigenvalue weighted by Gasteiger charge is 2.58. The molecule has 7 rings (SSSR count). The van der Waals surface area contributed by atoms with Crippen LogP contribution in [-0.4, -0.2) is 28.3 Å². The van der Waals surface area contributed by atoms with Crippen LogP contribution < -0.4 is 21.3 Å². The van der Waals surface area contributed by atoms with Crippen LogP contribution in [0.3, 0.4) is 0 Å². The molecule has 0 heterocycles. The molecule has 2 fully saturated rings. The first kappa shape index (κ1) is 40.4. The molecule has 5 aromatic rings. The third kappa shape index (κ3) is 10.2. The Bertz CT molecular complexity index is 2300. The number of halogens is 1. The molecule has 8 heteroatoms. The maximum atomic E-state index is 14.6. The summed E-state index contributed by atoms with van der Waals surface area (Å²) in [5, 5.41) is 12.9. The summed E-state index contributed by atoms with van der Waals surface area (Å²) in [6.45, 7) is 1.81. The maximum absolute atomic E-state index is 14.6. The maximum Gasteiger partial charge on any atom is 0.228 e. The Labute approximate surface area is 355 Å². The number of benzene rings is 5. The number of alkyl halides is 1. The van der Waals surface area contributed by atoms with E-state index in [1.54, 1.807) is 0 Å². The lowest BCUT2D eigenvalue weighted by Crippen LogP contribution is -2.56. The number of carbonyl (C=O) groups excluding carboxylic acids is 3. The SMILES string of the molecule is CCC(=O)Nc1ccc(C2C(C(=O)Nc3ccc(C#Cc4ccccc4)cc3)C(c3ccc(NCI)cc3)C2C(=O)NC2CCC(C#Cc3ccccc3)CC2)cc1. The van der Waals surface area contributed by atoms with Crippen molar-refractivity contribution in [1.29, 1.82) is 0 Å². The van der Waals surface area contributed by atoms with Crippen LogP contribution >= 0.6 is 22.6 Å². The van der Waals surface area contributed by atoms with Crippen molar-refractivity contribution in [3.63, 3.8) is 0 Å². The molecule has 7 nitrogen and oxygen atoms in total. The highest BCUT2D eigenvalue weighted by Crippen LogP contribution is 2.58. The molecule has 3 amide bonds. The number of rotatable bonds is 10. The summed E-state index contributed by atoms with van der Waals surface area (Å²) in [5.74, 6) is 11.3. The normalized spacial score (nSPS) is 20.7. The zero-order chi connectivity index (χ0) is 40.3. The minimum absolute atomic E-state index is 0.0295. The lowest BCUT2D eigenvalue weighted by molar-refractivity contribution is -0.138. The van der Waals surface area contributed by atoms with E-state index in [1.165, 1.54) is 0 Å². The van der Waals surface area contributed by atoms with Crippen molar-refractivity contribution >= 4 is 57.4 Å². The van der Waals surface area contributed by atoms with Crippen LogP contribution in [0.25, 0.3) is 0 Å². The fourth-order valence-electron chi connectivity index (χ4n) is 8.08. The predicted molar refractivity (Wildman–Crippen MR) is 241 cm³/mol. The number of hydrogen-bond donors (Lipinski definition) is 4. The van der Waals surface area contributed by atoms with Crippen LogP contribution in [0.4, 0.5) is 17.1 Å². The van der Waals surface area contributed by atoms with Crippen molar-refractivity contribution < 1.29 is 14.4 Å². The standard InChI is InChI=1S/C50H47IN4O3/c1-2-44(56)53-41-31-23-39(24-32-41)46-47(49(57)54-42-25-17-36(18-26-42)15-13-34-9-5-3-6-10-34)45(38-21-29-40(30-22-38)52-33-51)48(46)50(58)55-43-27-19-37(20-28-43)16-14-35-11-7-4-8-12-35/h3-12,17-18,21-26,29-32,37,43,45-48,52H,2,19-20,27-28,33H2,1H3,(H,53,56)(H,54,57)(H,55,58). The number of carbonyl (C=O) groups is 3. The van der Waals surface area contributed by atoms with Crippen molar-refractivity contribution in [3.05, 3.63) is 161 Å². The quantitative estimate of drug-likeness (QED) is 0.0486. The molecule has 0 radical (unpaired) electrons. The van der Waals surface area contributed by atoms with E-state index in [0.717, 1.165) is 63.7 Å². The molecular formula is C50H47IN4O3. The molecule has 0 spiro atoms. The lowest BCUT2D eigenvalue weighted by Gasteiger charge is -2.51. The Balaban J connectivity index is 1.15. The van der Waals surface area contributed by atoms with Crippen LogP contribution in [0.2, 0.25) is 0 Å². The Morgan fingerprint density at radius 2 is 1.05 bits per heavy atom. The molecule has 5 aromatic carbocycles. The monoisotopic (exact) mass is 878 g/mol. The van der Waals surface area contributed by atoms with Crippen LogP contribution in [0, 0.1) is 41.4 Å². The Morgan fingerprint density at radius 1 is 0.569 bits per heavy atom. The summed E-state index contributed by atoms with van der Waals surface area (Å²) < 4.78 is 0.754. The molecule has 4 unspecified atom stereocenters. The van der Waals surface area contributed by atoms with E-state index in [9.17, 15) is 14.4 Å². The van der Waals surface area contributed by atoms with E-state index in [0.29, 0.717) is 17.8 Å². The van der Waals surface area contributed by atoms with Crippen molar-refractivity contribution in [2.24, 2.45) is 17.8 Å². The van der Waals surface area contributed by atoms with Crippen molar-refractivity contribution in [2.45, 2.75) is 56.9 Å². The highest BCUT2D eigenvalue weighted by atomic mass is 127. The second-order valence-corrected chi connectivity index (χ2v) is 15.7. The minimum atomic E-state index is -0.545. The van der Waals surface area contributed by atoms with E-state index >= 15 is 0 Å². The van der Waals surface area contributed by atoms with Crippen LogP contribution in [0.5, 0.6) is 0 Å². The van der Waals surface area contributed by atoms with Gasteiger partial charge in [-0.25, -0.2) is 0 Å². The van der Waals surface area contributed by atoms with Gasteiger partial charge in [0, 0.05) is 64.0 Å². The zero-order valence-corrected chi connectivity index (χ0v) is 34.7. The minimum Gasteiger partial charge on any atom is -0.376 e. The Hall–Kier alpha value is -5.84. The fourth-order valence-corrected chi connectivity index (χ4v) is 8.52. The summed E-state index contributed by atoms with van der Waals surface area (Å²) in [6, 6.07) is 43.2. The van der Waals surface area contributed by atoms with E-state index in [4.69, 9.17) is 0 Å². The second-order valence-electron chi connectivity index (χ2n) is 14.9. The lowest BCUT2D eigenvalue weighted by atomic mass is 9.51. The van der Waals surface area contributed by atoms with Gasteiger partial charge in [0.1, 0.15) is 0 Å². The fraction of sp³-hybridized carbons (Fsp3) is 0.260. The highest BCUT2D eigenvalue weighted by molar-refractivity contribution is 14.1. The average Bonchev–Trinajstić information content (AvgIpc) is 3.25. The summed E-state index contributed by atoms with van der Waals surface area (Å²) in [7, 11) is 0. The summed E-state index contributed by atoms with van der Waals surface area (Å²) in [5.41, 5.74) is 6.91. The van der Waals surface area contributed by atoms with Gasteiger partial charge in [-0.05, 0) is 110 Å². The molecule has 2 aliphatic rings. The van der Waals surface area contributed by atoms with Crippen molar-refractivity contribution in [3.8, 4) is 23.7 Å². The largest absolute Gasteiger partial charge is 0.376 e. The zero-order valence-electron chi connectivity index (χ0n) is 32.5. The van der Waals surface area contributed by atoms with Gasteiger partial charge in [-0.2, -0.15) is 0 Å². The van der Waals surface area contributed by atoms with Crippen LogP contribution in [0.1, 0.15) is 78.7 Å². The average molecular weight is 879 g/mol. The number of anilines is 3. The third-order valence-corrected chi connectivity index (χ3v) is 11.5. The molecule has 4 atom stereocenters. The van der Waals surface area contributed by atoms with Crippen LogP contribution in [0.15, 0.2) is 133 Å². The summed E-state index contributed by atoms with van der Waals surface area (Å²) >= 11 is 2.27. The van der Waals surface area contributed by atoms with E-state index in [1.807, 2.05) is 140 Å². The molecule has 0 aromatic heterocycles. The molecule has 0 bridgehead atoms. The van der Waals surface area contributed by atoms with E-state index in [-0.39, 0.29) is 35.6 Å². The van der Waals surface area contributed by atoms with Gasteiger partial charge in [0.2, 0.25) is 17.7 Å². The van der Waals surface area contributed by atoms with Gasteiger partial charge < -0.3 is 21.3 Å². The molecule has 2 saturated carbocycles. The van der Waals surface area contributed by atoms with E-state index < -0.39 is 17.8 Å². The van der Waals surface area contributed by atoms with Gasteiger partial charge in [0.25, 0.3) is 0 Å². The molecule has 2 aliphatic carbocycles. The number of amides is 3. The van der Waals surface area contributed by atoms with Gasteiger partial charge in [-0.1, -0.05) is 114 Å². The molecule has 58 heavy (non-hydrogen) atoms. The van der Waals surface area contributed by atoms with E-state index in [2.05, 4.69) is 67.5 Å². The third-order valence-electron chi connectivity index (χ3n) is 11.2. The van der Waals surface area contributed by atoms with Gasteiger partial charge in [-0.15, -0.1) is 0 Å². The molecule has 0 aliphatic heterocycles. The van der Waals surface area contributed by atoms with Gasteiger partial charge >= 0.3 is 0 Å². The first-order chi connectivity index (χ1) is 28.4. The van der Waals surface area contributed by atoms with Gasteiger partial charge in [0.15, 0.2) is 0 Å². The molecular weight excluding hydrogens is 831 g/mol. The smallest absolute Gasteiger partial charge is 0.228 e. The van der Waals surface area contributed by atoms with Crippen LogP contribution in [-0.2, 0) is 14.4 Å². The molecule has 4 N–H and O–H groups in total. The van der Waals surface area contributed by atoms with Gasteiger partial charge in [0.05, 0.1) is 16.4 Å². The Kier molecular flexibility index (Phi) is 13.6. The molecule has 292 valence electrons. The summed E-state index contributed by atoms with van der Waals surface area (Å²) in [4.78, 5) is 41.4. The number of hydrogen-bond acceptors (Lipinski definition) is 4. The first-order valence-electron chi connectivity index (χ1n) is 20.0. The molecule has 0 saturated heterocycles. The van der Waals surface area contributed by atoms with Crippen molar-refractivity contribution in [1.82, 2.24) is 5.32 Å². The number of nitrogens with one attached hydrogen (secondary N) is 4. The summed E-state index contributed by atoms with van der Waals surface area (Å²) in [6.07, 6.45) is 3.89. The van der Waals surface area contributed by atoms with Gasteiger partial charge in [-0.3, -0.25) is 14.4 Å². The predicted octanol–water partition coefficient (Wildman–Crippen LogP) is 9.72. The van der Waals surface area contributed by atoms with Crippen molar-refractivity contribution in [2.75, 3.05) is 20.5 Å². The topological polar surface area (TPSA) is 99.3 Å². The second kappa shape index (κ2) is 19.5. The Morgan fingerprint density at radius 3 is 1.60 bits per heavy atom. The first-order valence-corrected chi connectivity index (χ1v) is 21.6.